The van der Waals surface area contributed by atoms with Crippen LogP contribution in [0.25, 0.3) is 0 Å². The maximum atomic E-state index is 13.7. The molecule has 0 aliphatic carbocycles. The summed E-state index contributed by atoms with van der Waals surface area (Å²) in [5, 5.41) is 0. The smallest absolute Gasteiger partial charge is 0.259 e. The van der Waals surface area contributed by atoms with Gasteiger partial charge in [-0.05, 0) is 19.9 Å². The number of nitrogens with zero attached hydrogens (tertiary/aromatic N) is 1. The number of hydrogen-bond donors (Lipinski definition) is 0. The van der Waals surface area contributed by atoms with Gasteiger partial charge < -0.3 is 9.64 Å². The third-order valence-electron chi connectivity index (χ3n) is 3.94. The number of ether oxygens (including phenoxy) is 1. The van der Waals surface area contributed by atoms with Crippen LogP contribution in [0.1, 0.15) is 26.3 Å². The van der Waals surface area contributed by atoms with Gasteiger partial charge in [-0.25, -0.2) is 13.2 Å². The molecule has 1 amide bonds. The fourth-order valence-corrected chi connectivity index (χ4v) is 2.14. The largest absolute Gasteiger partial charge is 0.488 e. The zero-order valence-electron chi connectivity index (χ0n) is 12.3. The van der Waals surface area contributed by atoms with Crippen LogP contribution in [0.4, 0.5) is 13.2 Å². The molecular weight excluding hydrogens is 283 g/mol. The van der Waals surface area contributed by atoms with Gasteiger partial charge in [-0.2, -0.15) is 0 Å². The number of amides is 1. The highest BCUT2D eigenvalue weighted by Gasteiger charge is 2.50. The summed E-state index contributed by atoms with van der Waals surface area (Å²) >= 11 is 0. The van der Waals surface area contributed by atoms with Crippen molar-refractivity contribution < 1.29 is 22.7 Å². The molecule has 1 aromatic rings. The van der Waals surface area contributed by atoms with E-state index in [9.17, 15) is 18.0 Å². The monoisotopic (exact) mass is 301 g/mol. The number of hydrogen-bond acceptors (Lipinski definition) is 2. The summed E-state index contributed by atoms with van der Waals surface area (Å²) in [6.07, 6.45) is 0. The molecule has 0 bridgehead atoms. The Morgan fingerprint density at radius 1 is 1.29 bits per heavy atom. The molecule has 0 atom stereocenters. The van der Waals surface area contributed by atoms with E-state index < -0.39 is 23.1 Å². The summed E-state index contributed by atoms with van der Waals surface area (Å²) in [5.74, 6) is -4.24. The molecule has 21 heavy (non-hydrogen) atoms. The van der Waals surface area contributed by atoms with Crippen molar-refractivity contribution in [1.29, 1.82) is 0 Å². The van der Waals surface area contributed by atoms with E-state index in [-0.39, 0.29) is 25.4 Å². The molecule has 3 nitrogen and oxygen atoms in total. The van der Waals surface area contributed by atoms with Crippen LogP contribution in [0.2, 0.25) is 0 Å². The van der Waals surface area contributed by atoms with Crippen molar-refractivity contribution in [3.8, 4) is 5.75 Å². The van der Waals surface area contributed by atoms with Crippen LogP contribution in [0, 0.1) is 11.2 Å². The number of benzene rings is 1. The van der Waals surface area contributed by atoms with Gasteiger partial charge in [0.15, 0.2) is 11.6 Å². The predicted octanol–water partition coefficient (Wildman–Crippen LogP) is 3.23. The highest BCUT2D eigenvalue weighted by atomic mass is 19.3. The second-order valence-corrected chi connectivity index (χ2v) is 5.82. The summed E-state index contributed by atoms with van der Waals surface area (Å²) in [7, 11) is 0. The van der Waals surface area contributed by atoms with Gasteiger partial charge in [0.2, 0.25) is 5.91 Å². The second kappa shape index (κ2) is 5.24. The SMILES string of the molecule is CC(F)(F)C(C)(C)C(=O)N1CCOc2c(F)cccc2C1. The van der Waals surface area contributed by atoms with Gasteiger partial charge in [0.05, 0.1) is 6.54 Å². The predicted molar refractivity (Wildman–Crippen MR) is 71.7 cm³/mol. The number of alkyl halides is 2. The fraction of sp³-hybridized carbons (Fsp3) is 0.533. The normalized spacial score (nSPS) is 16.0. The minimum Gasteiger partial charge on any atom is -0.488 e. The summed E-state index contributed by atoms with van der Waals surface area (Å²) < 4.78 is 46.2. The molecule has 1 aliphatic rings. The third-order valence-corrected chi connectivity index (χ3v) is 3.94. The van der Waals surface area contributed by atoms with E-state index in [1.54, 1.807) is 6.07 Å². The first-order chi connectivity index (χ1) is 9.64. The van der Waals surface area contributed by atoms with Crippen molar-refractivity contribution in [3.05, 3.63) is 29.6 Å². The highest BCUT2D eigenvalue weighted by Crippen LogP contribution is 2.38. The molecular formula is C15H18F3NO2. The van der Waals surface area contributed by atoms with Crippen LogP contribution < -0.4 is 4.74 Å². The lowest BCUT2D eigenvalue weighted by Gasteiger charge is -2.34. The van der Waals surface area contributed by atoms with Crippen LogP contribution in [-0.2, 0) is 11.3 Å². The van der Waals surface area contributed by atoms with E-state index in [0.717, 1.165) is 6.92 Å². The van der Waals surface area contributed by atoms with E-state index in [1.807, 2.05) is 0 Å². The Morgan fingerprint density at radius 2 is 1.95 bits per heavy atom. The van der Waals surface area contributed by atoms with Crippen molar-refractivity contribution in [3.63, 3.8) is 0 Å². The van der Waals surface area contributed by atoms with E-state index in [2.05, 4.69) is 0 Å². The Morgan fingerprint density at radius 3 is 2.57 bits per heavy atom. The van der Waals surface area contributed by atoms with E-state index >= 15 is 0 Å². The zero-order chi connectivity index (χ0) is 15.8. The van der Waals surface area contributed by atoms with Gasteiger partial charge in [-0.1, -0.05) is 12.1 Å². The summed E-state index contributed by atoms with van der Waals surface area (Å²) in [6.45, 7) is 3.44. The number of carbonyl (C=O) groups excluding carboxylic acids is 1. The first-order valence-electron chi connectivity index (χ1n) is 6.72. The maximum absolute atomic E-state index is 13.7. The molecule has 1 heterocycles. The topological polar surface area (TPSA) is 29.5 Å². The van der Waals surface area contributed by atoms with Crippen molar-refractivity contribution in [1.82, 2.24) is 4.90 Å². The van der Waals surface area contributed by atoms with Crippen LogP contribution in [0.3, 0.4) is 0 Å². The maximum Gasteiger partial charge on any atom is 0.259 e. The Balaban J connectivity index is 2.29. The van der Waals surface area contributed by atoms with Crippen molar-refractivity contribution in [2.24, 2.45) is 5.41 Å². The molecule has 0 saturated carbocycles. The summed E-state index contributed by atoms with van der Waals surface area (Å²) in [5.41, 5.74) is -1.35. The highest BCUT2D eigenvalue weighted by molar-refractivity contribution is 5.83. The van der Waals surface area contributed by atoms with Gasteiger partial charge in [0, 0.05) is 19.0 Å². The number of rotatable bonds is 2. The number of halogens is 3. The first-order valence-corrected chi connectivity index (χ1v) is 6.72. The lowest BCUT2D eigenvalue weighted by Crippen LogP contribution is -2.49. The fourth-order valence-electron chi connectivity index (χ4n) is 2.14. The van der Waals surface area contributed by atoms with Gasteiger partial charge >= 0.3 is 0 Å². The van der Waals surface area contributed by atoms with Crippen molar-refractivity contribution >= 4 is 5.91 Å². The van der Waals surface area contributed by atoms with Crippen LogP contribution in [0.5, 0.6) is 5.75 Å². The van der Waals surface area contributed by atoms with Gasteiger partial charge in [0.25, 0.3) is 5.92 Å². The third kappa shape index (κ3) is 2.84. The van der Waals surface area contributed by atoms with Gasteiger partial charge in [0.1, 0.15) is 12.0 Å². The number of carbonyl (C=O) groups is 1. The van der Waals surface area contributed by atoms with Crippen molar-refractivity contribution in [2.45, 2.75) is 33.2 Å². The molecule has 0 saturated heterocycles. The molecule has 0 aromatic heterocycles. The zero-order valence-corrected chi connectivity index (χ0v) is 12.3. The van der Waals surface area contributed by atoms with Crippen LogP contribution in [0.15, 0.2) is 18.2 Å². The minimum atomic E-state index is -3.15. The second-order valence-electron chi connectivity index (χ2n) is 5.82. The average Bonchev–Trinajstić information content (AvgIpc) is 2.59. The Labute approximate surface area is 121 Å². The molecule has 0 fully saturated rings. The molecule has 116 valence electrons. The van der Waals surface area contributed by atoms with Gasteiger partial charge in [-0.3, -0.25) is 4.79 Å². The first kappa shape index (κ1) is 15.7. The van der Waals surface area contributed by atoms with Gasteiger partial charge in [-0.15, -0.1) is 0 Å². The Bertz CT molecular complexity index is 552. The summed E-state index contributed by atoms with van der Waals surface area (Å²) in [4.78, 5) is 13.7. The molecule has 1 aliphatic heterocycles. The van der Waals surface area contributed by atoms with Crippen LogP contribution >= 0.6 is 0 Å². The Hall–Kier alpha value is -1.72. The average molecular weight is 301 g/mol. The van der Waals surface area contributed by atoms with Crippen LogP contribution in [-0.4, -0.2) is 29.9 Å². The van der Waals surface area contributed by atoms with E-state index in [0.29, 0.717) is 5.56 Å². The lowest BCUT2D eigenvalue weighted by atomic mass is 9.84. The molecule has 0 N–H and O–H groups in total. The number of para-hydroxylation sites is 1. The standard InChI is InChI=1S/C15H18F3NO2/c1-14(2,15(3,17)18)13(20)19-7-8-21-12-10(9-19)5-4-6-11(12)16/h4-6H,7-9H2,1-3H3. The van der Waals surface area contributed by atoms with Crippen molar-refractivity contribution in [2.75, 3.05) is 13.2 Å². The molecule has 0 spiro atoms. The minimum absolute atomic E-state index is 0.0609. The quantitative estimate of drug-likeness (QED) is 0.839. The summed E-state index contributed by atoms with van der Waals surface area (Å²) in [6, 6.07) is 4.40. The van der Waals surface area contributed by atoms with E-state index in [1.165, 1.54) is 30.9 Å². The molecule has 1 aromatic carbocycles. The molecule has 2 rings (SSSR count). The van der Waals surface area contributed by atoms with E-state index in [4.69, 9.17) is 4.74 Å². The Kier molecular flexibility index (Phi) is 3.91. The number of fused-ring (bicyclic) bond motifs is 1. The molecule has 0 unspecified atom stereocenters. The molecule has 0 radical (unpaired) electrons. The molecule has 6 heteroatoms. The lowest BCUT2D eigenvalue weighted by molar-refractivity contribution is -0.163.